The van der Waals surface area contributed by atoms with Crippen molar-refractivity contribution < 1.29 is 0 Å². The minimum atomic E-state index is 0.739. The fourth-order valence-electron chi connectivity index (χ4n) is 3.65. The van der Waals surface area contributed by atoms with Crippen molar-refractivity contribution in [1.29, 1.82) is 0 Å². The molecule has 0 radical (unpaired) electrons. The number of para-hydroxylation sites is 2. The zero-order valence-electron chi connectivity index (χ0n) is 16.4. The fraction of sp³-hybridized carbons (Fsp3) is 0.0833. The van der Waals surface area contributed by atoms with Crippen LogP contribution in [0.5, 0.6) is 0 Å². The lowest BCUT2D eigenvalue weighted by atomic mass is 10.0. The maximum Gasteiger partial charge on any atom is 0.137 e. The summed E-state index contributed by atoms with van der Waals surface area (Å²) in [6.45, 7) is 1.48. The molecule has 0 spiro atoms. The van der Waals surface area contributed by atoms with Crippen LogP contribution in [0.4, 0.5) is 17.1 Å². The number of aromatic nitrogens is 4. The molecule has 0 aliphatic rings. The molecule has 0 saturated heterocycles. The first-order valence-electron chi connectivity index (χ1n) is 9.96. The molecule has 148 valence electrons. The molecule has 0 saturated carbocycles. The summed E-state index contributed by atoms with van der Waals surface area (Å²) in [6.07, 6.45) is 5.27. The topological polar surface area (TPSA) is 70.6 Å². The summed E-state index contributed by atoms with van der Waals surface area (Å²) in [5.41, 5.74) is 6.63. The monoisotopic (exact) mass is 394 g/mol. The second kappa shape index (κ2) is 8.13. The van der Waals surface area contributed by atoms with Crippen LogP contribution in [-0.4, -0.2) is 26.3 Å². The first-order chi connectivity index (χ1) is 14.9. The summed E-state index contributed by atoms with van der Waals surface area (Å²) in [4.78, 5) is 7.39. The van der Waals surface area contributed by atoms with Crippen molar-refractivity contribution in [3.8, 4) is 11.1 Å². The van der Waals surface area contributed by atoms with E-state index in [1.165, 1.54) is 10.9 Å². The Balaban J connectivity index is 1.49. The third-order valence-corrected chi connectivity index (χ3v) is 5.08. The predicted molar refractivity (Wildman–Crippen MR) is 122 cm³/mol. The highest BCUT2D eigenvalue weighted by Gasteiger charge is 2.11. The summed E-state index contributed by atoms with van der Waals surface area (Å²) in [5.74, 6) is 0. The number of aromatic amines is 1. The van der Waals surface area contributed by atoms with Gasteiger partial charge in [0.05, 0.1) is 12.1 Å². The van der Waals surface area contributed by atoms with Crippen LogP contribution in [0.3, 0.4) is 0 Å². The van der Waals surface area contributed by atoms with Gasteiger partial charge >= 0.3 is 0 Å². The molecule has 0 unspecified atom stereocenters. The van der Waals surface area contributed by atoms with Crippen LogP contribution >= 0.6 is 0 Å². The molecule has 30 heavy (non-hydrogen) atoms. The summed E-state index contributed by atoms with van der Waals surface area (Å²) < 4.78 is 1.82. The van der Waals surface area contributed by atoms with E-state index < -0.39 is 0 Å². The largest absolute Gasteiger partial charge is 0.383 e. The minimum Gasteiger partial charge on any atom is -0.383 e. The Kier molecular flexibility index (Phi) is 4.88. The minimum absolute atomic E-state index is 0.739. The molecular formula is C24H22N6. The third kappa shape index (κ3) is 3.75. The van der Waals surface area contributed by atoms with Crippen LogP contribution in [0, 0.1) is 0 Å². The van der Waals surface area contributed by atoms with Crippen LogP contribution in [0.25, 0.3) is 22.0 Å². The standard InChI is InChI=1S/C24H22N6/c1-2-6-19(7-3-1)29-20-9-10-21(22-8-4-5-18-11-12-27-24(18)22)23(15-20)26-13-14-30-17-25-16-28-30/h1-12,15-17,26-27,29H,13-14H2. The number of rotatable bonds is 7. The second-order valence-electron chi connectivity index (χ2n) is 7.08. The molecule has 0 aliphatic carbocycles. The Bertz CT molecular complexity index is 1240. The number of nitrogens with one attached hydrogen (secondary N) is 3. The number of anilines is 3. The SMILES string of the molecule is c1ccc(Nc2ccc(-c3cccc4cc[nH]c34)c(NCCn3cncn3)c2)cc1. The molecule has 0 bridgehead atoms. The molecule has 0 aliphatic heterocycles. The molecule has 5 rings (SSSR count). The average Bonchev–Trinajstić information content (AvgIpc) is 3.47. The van der Waals surface area contributed by atoms with E-state index in [1.807, 2.05) is 29.1 Å². The van der Waals surface area contributed by atoms with Crippen molar-refractivity contribution in [2.24, 2.45) is 0 Å². The smallest absolute Gasteiger partial charge is 0.137 e. The predicted octanol–water partition coefficient (Wildman–Crippen LogP) is 5.28. The number of fused-ring (bicyclic) bond motifs is 1. The fourth-order valence-corrected chi connectivity index (χ4v) is 3.65. The summed E-state index contributed by atoms with van der Waals surface area (Å²) >= 11 is 0. The van der Waals surface area contributed by atoms with E-state index in [2.05, 4.69) is 80.3 Å². The molecule has 5 aromatic rings. The van der Waals surface area contributed by atoms with Gasteiger partial charge in [0.2, 0.25) is 0 Å². The molecule has 0 fully saturated rings. The molecule has 0 atom stereocenters. The number of benzene rings is 3. The van der Waals surface area contributed by atoms with Gasteiger partial charge in [0, 0.05) is 40.9 Å². The van der Waals surface area contributed by atoms with Crippen molar-refractivity contribution in [2.75, 3.05) is 17.2 Å². The Hall–Kier alpha value is -4.06. The zero-order chi connectivity index (χ0) is 20.2. The Labute approximate surface area is 174 Å². The molecule has 3 aromatic carbocycles. The van der Waals surface area contributed by atoms with Crippen LogP contribution in [0.1, 0.15) is 0 Å². The summed E-state index contributed by atoms with van der Waals surface area (Å²) in [5, 5.41) is 12.5. The van der Waals surface area contributed by atoms with Crippen LogP contribution in [0.15, 0.2) is 91.6 Å². The molecular weight excluding hydrogens is 372 g/mol. The van der Waals surface area contributed by atoms with E-state index in [-0.39, 0.29) is 0 Å². The first kappa shape index (κ1) is 18.0. The van der Waals surface area contributed by atoms with Crippen molar-refractivity contribution in [2.45, 2.75) is 6.54 Å². The lowest BCUT2D eigenvalue weighted by Gasteiger charge is -2.16. The van der Waals surface area contributed by atoms with Gasteiger partial charge in [-0.1, -0.05) is 42.5 Å². The van der Waals surface area contributed by atoms with Gasteiger partial charge in [0.1, 0.15) is 12.7 Å². The third-order valence-electron chi connectivity index (χ3n) is 5.08. The van der Waals surface area contributed by atoms with Crippen molar-refractivity contribution in [3.05, 3.63) is 91.6 Å². The zero-order valence-corrected chi connectivity index (χ0v) is 16.4. The van der Waals surface area contributed by atoms with Gasteiger partial charge < -0.3 is 15.6 Å². The van der Waals surface area contributed by atoms with E-state index in [1.54, 1.807) is 12.7 Å². The molecule has 6 heteroatoms. The van der Waals surface area contributed by atoms with Gasteiger partial charge in [0.25, 0.3) is 0 Å². The van der Waals surface area contributed by atoms with Crippen LogP contribution < -0.4 is 10.6 Å². The van der Waals surface area contributed by atoms with Gasteiger partial charge in [-0.2, -0.15) is 5.10 Å². The lowest BCUT2D eigenvalue weighted by molar-refractivity contribution is 0.636. The van der Waals surface area contributed by atoms with Gasteiger partial charge in [-0.15, -0.1) is 0 Å². The number of H-pyrrole nitrogens is 1. The second-order valence-corrected chi connectivity index (χ2v) is 7.08. The highest BCUT2D eigenvalue weighted by Crippen LogP contribution is 2.35. The molecule has 2 heterocycles. The first-order valence-corrected chi connectivity index (χ1v) is 9.96. The van der Waals surface area contributed by atoms with E-state index in [4.69, 9.17) is 0 Å². The average molecular weight is 394 g/mol. The molecule has 0 amide bonds. The maximum atomic E-state index is 4.18. The van der Waals surface area contributed by atoms with Gasteiger partial charge in [0.15, 0.2) is 0 Å². The van der Waals surface area contributed by atoms with Crippen molar-refractivity contribution >= 4 is 28.0 Å². The Morgan fingerprint density at radius 3 is 2.67 bits per heavy atom. The highest BCUT2D eigenvalue weighted by atomic mass is 15.3. The number of nitrogens with zero attached hydrogens (tertiary/aromatic N) is 3. The Morgan fingerprint density at radius 2 is 1.80 bits per heavy atom. The van der Waals surface area contributed by atoms with Crippen molar-refractivity contribution in [1.82, 2.24) is 19.7 Å². The van der Waals surface area contributed by atoms with Crippen molar-refractivity contribution in [3.63, 3.8) is 0 Å². The quantitative estimate of drug-likeness (QED) is 0.351. The van der Waals surface area contributed by atoms with E-state index in [0.29, 0.717) is 0 Å². The van der Waals surface area contributed by atoms with E-state index >= 15 is 0 Å². The van der Waals surface area contributed by atoms with Crippen LogP contribution in [-0.2, 0) is 6.54 Å². The van der Waals surface area contributed by atoms with Gasteiger partial charge in [-0.05, 0) is 35.7 Å². The summed E-state index contributed by atoms with van der Waals surface area (Å²) in [7, 11) is 0. The Morgan fingerprint density at radius 1 is 0.867 bits per heavy atom. The van der Waals surface area contributed by atoms with E-state index in [0.717, 1.165) is 41.2 Å². The number of hydrogen-bond donors (Lipinski definition) is 3. The molecule has 6 nitrogen and oxygen atoms in total. The summed E-state index contributed by atoms with van der Waals surface area (Å²) in [6, 6.07) is 25.1. The highest BCUT2D eigenvalue weighted by molar-refractivity contribution is 5.98. The molecule has 3 N–H and O–H groups in total. The maximum absolute atomic E-state index is 4.18. The van der Waals surface area contributed by atoms with E-state index in [9.17, 15) is 0 Å². The number of hydrogen-bond acceptors (Lipinski definition) is 4. The van der Waals surface area contributed by atoms with Gasteiger partial charge in [-0.25, -0.2) is 4.98 Å². The lowest BCUT2D eigenvalue weighted by Crippen LogP contribution is -2.11. The normalized spacial score (nSPS) is 10.9. The van der Waals surface area contributed by atoms with Gasteiger partial charge in [-0.3, -0.25) is 4.68 Å². The molecule has 2 aromatic heterocycles. The van der Waals surface area contributed by atoms with Crippen LogP contribution in [0.2, 0.25) is 0 Å².